The summed E-state index contributed by atoms with van der Waals surface area (Å²) in [5, 5.41) is 7.15. The number of aromatic nitrogens is 4. The van der Waals surface area contributed by atoms with Crippen molar-refractivity contribution in [1.82, 2.24) is 25.1 Å². The first kappa shape index (κ1) is 16.6. The third-order valence-electron chi connectivity index (χ3n) is 4.09. The van der Waals surface area contributed by atoms with E-state index in [0.717, 1.165) is 17.1 Å². The zero-order chi connectivity index (χ0) is 17.1. The third-order valence-corrected chi connectivity index (χ3v) is 4.09. The molecular formula is C17H23N5O2. The van der Waals surface area contributed by atoms with E-state index >= 15 is 0 Å². The molecule has 24 heavy (non-hydrogen) atoms. The second-order valence-electron chi connectivity index (χ2n) is 6.42. The SMILES string of the molecule is Cc1ccc(CC(=O)N2CCO[C@@H](c3nc(C(C)C)n[nH]3)C2)cn1. The van der Waals surface area contributed by atoms with E-state index in [0.29, 0.717) is 31.9 Å². The molecule has 0 radical (unpaired) electrons. The van der Waals surface area contributed by atoms with E-state index in [2.05, 4.69) is 20.2 Å². The van der Waals surface area contributed by atoms with Gasteiger partial charge in [-0.1, -0.05) is 19.9 Å². The Labute approximate surface area is 141 Å². The van der Waals surface area contributed by atoms with Crippen LogP contribution in [-0.4, -0.2) is 50.7 Å². The molecule has 3 heterocycles. The molecule has 2 aromatic heterocycles. The third kappa shape index (κ3) is 3.79. The molecule has 0 aromatic carbocycles. The van der Waals surface area contributed by atoms with Gasteiger partial charge >= 0.3 is 0 Å². The zero-order valence-electron chi connectivity index (χ0n) is 14.3. The number of H-pyrrole nitrogens is 1. The van der Waals surface area contributed by atoms with E-state index in [9.17, 15) is 4.79 Å². The summed E-state index contributed by atoms with van der Waals surface area (Å²) in [7, 11) is 0. The van der Waals surface area contributed by atoms with Crippen LogP contribution in [0.2, 0.25) is 0 Å². The van der Waals surface area contributed by atoms with Gasteiger partial charge in [0, 0.05) is 24.4 Å². The minimum absolute atomic E-state index is 0.0811. The van der Waals surface area contributed by atoms with Crippen molar-refractivity contribution in [3.05, 3.63) is 41.2 Å². The Hall–Kier alpha value is -2.28. The summed E-state index contributed by atoms with van der Waals surface area (Å²) in [6.07, 6.45) is 1.86. The summed E-state index contributed by atoms with van der Waals surface area (Å²) in [5.41, 5.74) is 1.87. The minimum Gasteiger partial charge on any atom is -0.367 e. The number of carbonyl (C=O) groups is 1. The van der Waals surface area contributed by atoms with Gasteiger partial charge in [0.1, 0.15) is 6.10 Å². The maximum Gasteiger partial charge on any atom is 0.227 e. The van der Waals surface area contributed by atoms with Gasteiger partial charge in [-0.05, 0) is 18.6 Å². The first-order valence-corrected chi connectivity index (χ1v) is 8.26. The lowest BCUT2D eigenvalue weighted by Gasteiger charge is -2.32. The van der Waals surface area contributed by atoms with Gasteiger partial charge in [0.25, 0.3) is 0 Å². The Bertz CT molecular complexity index is 695. The number of hydrogen-bond acceptors (Lipinski definition) is 5. The van der Waals surface area contributed by atoms with Crippen LogP contribution in [0.4, 0.5) is 0 Å². The van der Waals surface area contributed by atoms with E-state index in [1.165, 1.54) is 0 Å². The molecule has 0 saturated carbocycles. The number of amides is 1. The molecule has 128 valence electrons. The summed E-state index contributed by atoms with van der Waals surface area (Å²) >= 11 is 0. The fraction of sp³-hybridized carbons (Fsp3) is 0.529. The van der Waals surface area contributed by atoms with Crippen molar-refractivity contribution in [2.24, 2.45) is 0 Å². The lowest BCUT2D eigenvalue weighted by Crippen LogP contribution is -2.43. The molecule has 3 rings (SSSR count). The molecular weight excluding hydrogens is 306 g/mol. The number of nitrogens with zero attached hydrogens (tertiary/aromatic N) is 4. The lowest BCUT2D eigenvalue weighted by atomic mass is 10.1. The number of aryl methyl sites for hydroxylation is 1. The second kappa shape index (κ2) is 7.09. The van der Waals surface area contributed by atoms with Crippen LogP contribution in [-0.2, 0) is 16.0 Å². The topological polar surface area (TPSA) is 84.0 Å². The predicted octanol–water partition coefficient (Wildman–Crippen LogP) is 1.77. The number of hydrogen-bond donors (Lipinski definition) is 1. The molecule has 0 bridgehead atoms. The number of pyridine rings is 1. The van der Waals surface area contributed by atoms with Gasteiger partial charge in [-0.15, -0.1) is 0 Å². The van der Waals surface area contributed by atoms with Crippen molar-refractivity contribution in [2.75, 3.05) is 19.7 Å². The highest BCUT2D eigenvalue weighted by molar-refractivity contribution is 5.78. The maximum absolute atomic E-state index is 12.5. The Balaban J connectivity index is 1.63. The van der Waals surface area contributed by atoms with Crippen molar-refractivity contribution >= 4 is 5.91 Å². The van der Waals surface area contributed by atoms with Gasteiger partial charge in [-0.25, -0.2) is 4.98 Å². The van der Waals surface area contributed by atoms with Crippen LogP contribution in [0.25, 0.3) is 0 Å². The van der Waals surface area contributed by atoms with Crippen LogP contribution in [0.3, 0.4) is 0 Å². The van der Waals surface area contributed by atoms with Crippen molar-refractivity contribution in [3.63, 3.8) is 0 Å². The molecule has 1 fully saturated rings. The molecule has 1 atom stereocenters. The molecule has 1 N–H and O–H groups in total. The molecule has 1 saturated heterocycles. The van der Waals surface area contributed by atoms with Crippen LogP contribution in [0.5, 0.6) is 0 Å². The van der Waals surface area contributed by atoms with Crippen molar-refractivity contribution in [2.45, 2.75) is 39.2 Å². The van der Waals surface area contributed by atoms with Crippen LogP contribution >= 0.6 is 0 Å². The Morgan fingerprint density at radius 1 is 1.46 bits per heavy atom. The molecule has 2 aromatic rings. The van der Waals surface area contributed by atoms with E-state index in [4.69, 9.17) is 4.74 Å². The average molecular weight is 329 g/mol. The smallest absolute Gasteiger partial charge is 0.227 e. The van der Waals surface area contributed by atoms with Crippen molar-refractivity contribution in [3.8, 4) is 0 Å². The summed E-state index contributed by atoms with van der Waals surface area (Å²) in [6.45, 7) is 7.60. The summed E-state index contributed by atoms with van der Waals surface area (Å²) in [5.74, 6) is 1.79. The van der Waals surface area contributed by atoms with Gasteiger partial charge in [0.2, 0.25) is 5.91 Å². The molecule has 7 nitrogen and oxygen atoms in total. The van der Waals surface area contributed by atoms with E-state index < -0.39 is 0 Å². The first-order chi connectivity index (χ1) is 11.5. The highest BCUT2D eigenvalue weighted by atomic mass is 16.5. The van der Waals surface area contributed by atoms with E-state index in [1.807, 2.05) is 37.8 Å². The maximum atomic E-state index is 12.5. The monoisotopic (exact) mass is 329 g/mol. The largest absolute Gasteiger partial charge is 0.367 e. The van der Waals surface area contributed by atoms with Crippen molar-refractivity contribution < 1.29 is 9.53 Å². The second-order valence-corrected chi connectivity index (χ2v) is 6.42. The normalized spacial score (nSPS) is 18.2. The molecule has 1 amide bonds. The van der Waals surface area contributed by atoms with E-state index in [-0.39, 0.29) is 17.9 Å². The summed E-state index contributed by atoms with van der Waals surface area (Å²) in [4.78, 5) is 23.1. The fourth-order valence-electron chi connectivity index (χ4n) is 2.62. The first-order valence-electron chi connectivity index (χ1n) is 8.26. The van der Waals surface area contributed by atoms with Gasteiger partial charge in [-0.2, -0.15) is 5.10 Å². The van der Waals surface area contributed by atoms with Gasteiger partial charge < -0.3 is 9.64 Å². The highest BCUT2D eigenvalue weighted by Gasteiger charge is 2.28. The van der Waals surface area contributed by atoms with E-state index in [1.54, 1.807) is 6.20 Å². The van der Waals surface area contributed by atoms with Crippen LogP contribution in [0.1, 0.15) is 48.8 Å². The van der Waals surface area contributed by atoms with Gasteiger partial charge in [-0.3, -0.25) is 14.9 Å². The number of ether oxygens (including phenoxy) is 1. The Morgan fingerprint density at radius 3 is 2.96 bits per heavy atom. The molecule has 0 spiro atoms. The number of carbonyl (C=O) groups excluding carboxylic acids is 1. The average Bonchev–Trinajstić information content (AvgIpc) is 3.07. The van der Waals surface area contributed by atoms with Crippen LogP contribution in [0, 0.1) is 6.92 Å². The standard InChI is InChI=1S/C17H23N5O2/c1-11(2)16-19-17(21-20-16)14-10-22(6-7-24-14)15(23)8-13-5-4-12(3)18-9-13/h4-5,9,11,14H,6-8,10H2,1-3H3,(H,19,20,21)/t14-/m1/s1. The summed E-state index contributed by atoms with van der Waals surface area (Å²) < 4.78 is 5.76. The van der Waals surface area contributed by atoms with Gasteiger partial charge in [0.05, 0.1) is 19.6 Å². The number of morpholine rings is 1. The summed E-state index contributed by atoms with van der Waals surface area (Å²) in [6, 6.07) is 3.87. The molecule has 1 aliphatic rings. The molecule has 7 heteroatoms. The number of aromatic amines is 1. The Morgan fingerprint density at radius 2 is 2.29 bits per heavy atom. The molecule has 0 unspecified atom stereocenters. The minimum atomic E-state index is -0.251. The Kier molecular flexibility index (Phi) is 4.89. The number of nitrogens with one attached hydrogen (secondary N) is 1. The lowest BCUT2D eigenvalue weighted by molar-refractivity contribution is -0.138. The highest BCUT2D eigenvalue weighted by Crippen LogP contribution is 2.21. The predicted molar refractivity (Wildman–Crippen MR) is 88.4 cm³/mol. The number of rotatable bonds is 4. The molecule has 0 aliphatic carbocycles. The van der Waals surface area contributed by atoms with Crippen molar-refractivity contribution in [1.29, 1.82) is 0 Å². The molecule has 1 aliphatic heterocycles. The van der Waals surface area contributed by atoms with Gasteiger partial charge in [0.15, 0.2) is 11.6 Å². The van der Waals surface area contributed by atoms with Crippen LogP contribution < -0.4 is 0 Å². The fourth-order valence-corrected chi connectivity index (χ4v) is 2.62. The quantitative estimate of drug-likeness (QED) is 0.924. The van der Waals surface area contributed by atoms with Crippen LogP contribution in [0.15, 0.2) is 18.3 Å². The zero-order valence-corrected chi connectivity index (χ0v) is 14.3.